The molecular weight excluding hydrogens is 520 g/mol. The number of imidazole rings is 1. The number of aromatic nitrogens is 2. The van der Waals surface area contributed by atoms with Crippen LogP contribution in [0.4, 0.5) is 0 Å². The molecule has 0 amide bonds. The topological polar surface area (TPSA) is 17.8 Å². The first-order chi connectivity index (χ1) is 21.3. The molecule has 0 bridgehead atoms. The van der Waals surface area contributed by atoms with E-state index in [4.69, 9.17) is 4.98 Å². The van der Waals surface area contributed by atoms with Gasteiger partial charge >= 0.3 is 0 Å². The van der Waals surface area contributed by atoms with E-state index in [2.05, 4.69) is 54.9 Å². The van der Waals surface area contributed by atoms with E-state index in [0.29, 0.717) is 0 Å². The van der Waals surface area contributed by atoms with Gasteiger partial charge in [0.1, 0.15) is 5.82 Å². The summed E-state index contributed by atoms with van der Waals surface area (Å²) in [6.45, 7) is 5.78. The number of nitrogens with zero attached hydrogens (tertiary/aromatic N) is 2. The maximum absolute atomic E-state index is 5.17. The molecule has 0 aliphatic rings. The van der Waals surface area contributed by atoms with Crippen molar-refractivity contribution in [3.63, 3.8) is 0 Å². The molecule has 2 rings (SSSR count). The number of benzene rings is 1. The highest BCUT2D eigenvalue weighted by Crippen LogP contribution is 2.17. The average molecular weight is 593 g/mol. The van der Waals surface area contributed by atoms with Crippen LogP contribution in [-0.4, -0.2) is 9.55 Å². The quantitative estimate of drug-likeness (QED) is 0.0796. The molecule has 1 heterocycles. The Morgan fingerprint density at radius 3 is 1.37 bits per heavy atom. The zero-order valence-electron chi connectivity index (χ0n) is 29.1. The fourth-order valence-electron chi connectivity index (χ4n) is 6.57. The highest BCUT2D eigenvalue weighted by molar-refractivity contribution is 5.15. The number of hydrogen-bond acceptors (Lipinski definition) is 1. The third-order valence-corrected chi connectivity index (χ3v) is 9.41. The normalized spacial score (nSPS) is 11.5. The van der Waals surface area contributed by atoms with Crippen LogP contribution in [0.25, 0.3) is 0 Å². The molecule has 0 atom stereocenters. The fraction of sp³-hybridized carbons (Fsp3) is 0.780. The minimum Gasteiger partial charge on any atom is -0.335 e. The highest BCUT2D eigenvalue weighted by Gasteiger charge is 2.09. The third-order valence-electron chi connectivity index (χ3n) is 9.41. The second-order valence-corrected chi connectivity index (χ2v) is 13.6. The Kier molecular flexibility index (Phi) is 24.4. The lowest BCUT2D eigenvalue weighted by molar-refractivity contribution is 0.515. The van der Waals surface area contributed by atoms with Gasteiger partial charge in [0.2, 0.25) is 0 Å². The Balaban J connectivity index is 1.61. The van der Waals surface area contributed by atoms with Gasteiger partial charge in [-0.05, 0) is 37.7 Å². The SMILES string of the molecule is CCCCCCCCCCCCCCCCn1cc(CCCc2ccccc2)nc1CCCCCCCCCCCCC. The predicted octanol–water partition coefficient (Wildman–Crippen LogP) is 13.4. The summed E-state index contributed by atoms with van der Waals surface area (Å²) in [5.74, 6) is 1.36. The van der Waals surface area contributed by atoms with Crippen LogP contribution in [-0.2, 0) is 25.8 Å². The zero-order valence-corrected chi connectivity index (χ0v) is 29.1. The van der Waals surface area contributed by atoms with Gasteiger partial charge in [0.15, 0.2) is 0 Å². The summed E-state index contributed by atoms with van der Waals surface area (Å²) in [5, 5.41) is 0. The van der Waals surface area contributed by atoms with Crippen molar-refractivity contribution in [1.29, 1.82) is 0 Å². The van der Waals surface area contributed by atoms with Crippen LogP contribution in [0.3, 0.4) is 0 Å². The van der Waals surface area contributed by atoms with Crippen molar-refractivity contribution in [1.82, 2.24) is 9.55 Å². The molecule has 43 heavy (non-hydrogen) atoms. The maximum Gasteiger partial charge on any atom is 0.108 e. The predicted molar refractivity (Wildman–Crippen MR) is 191 cm³/mol. The summed E-state index contributed by atoms with van der Waals surface area (Å²) in [5.41, 5.74) is 2.77. The van der Waals surface area contributed by atoms with Crippen molar-refractivity contribution in [2.45, 2.75) is 207 Å². The fourth-order valence-corrected chi connectivity index (χ4v) is 6.57. The Morgan fingerprint density at radius 1 is 0.442 bits per heavy atom. The molecule has 2 nitrogen and oxygen atoms in total. The molecule has 2 heteroatoms. The van der Waals surface area contributed by atoms with E-state index in [9.17, 15) is 0 Å². The van der Waals surface area contributed by atoms with Crippen molar-refractivity contribution in [3.8, 4) is 0 Å². The minimum atomic E-state index is 1.10. The second-order valence-electron chi connectivity index (χ2n) is 13.6. The summed E-state index contributed by atoms with van der Waals surface area (Å²) >= 11 is 0. The third kappa shape index (κ3) is 20.9. The Morgan fingerprint density at radius 2 is 0.884 bits per heavy atom. The van der Waals surface area contributed by atoms with Gasteiger partial charge in [-0.25, -0.2) is 4.98 Å². The van der Waals surface area contributed by atoms with Crippen LogP contribution < -0.4 is 0 Å². The van der Waals surface area contributed by atoms with Gasteiger partial charge in [0, 0.05) is 19.2 Å². The molecule has 0 saturated carbocycles. The molecule has 0 saturated heterocycles. The van der Waals surface area contributed by atoms with Crippen LogP contribution in [0.1, 0.15) is 198 Å². The van der Waals surface area contributed by atoms with Crippen molar-refractivity contribution >= 4 is 0 Å². The van der Waals surface area contributed by atoms with E-state index in [1.807, 2.05) is 0 Å². The first-order valence-electron chi connectivity index (χ1n) is 19.4. The number of aryl methyl sites for hydroxylation is 4. The number of rotatable bonds is 31. The largest absolute Gasteiger partial charge is 0.335 e. The standard InChI is InChI=1S/C41H72N2/c1-3-5-7-9-11-13-15-16-17-19-21-23-25-30-37-43-38-40(35-31-34-39-32-27-26-28-33-39)42-41(43)36-29-24-22-20-18-14-12-10-8-6-4-2/h26-28,32-33,38H,3-25,29-31,34-37H2,1-2H3. The van der Waals surface area contributed by atoms with Gasteiger partial charge in [0.25, 0.3) is 0 Å². The molecule has 0 radical (unpaired) electrons. The van der Waals surface area contributed by atoms with Gasteiger partial charge in [-0.1, -0.05) is 192 Å². The summed E-state index contributed by atoms with van der Waals surface area (Å²) in [4.78, 5) is 5.17. The number of unbranched alkanes of at least 4 members (excludes halogenated alkanes) is 23. The van der Waals surface area contributed by atoms with E-state index in [1.165, 1.54) is 184 Å². The van der Waals surface area contributed by atoms with Crippen LogP contribution in [0, 0.1) is 0 Å². The summed E-state index contributed by atoms with van der Waals surface area (Å²) in [6.07, 6.45) is 42.4. The second kappa shape index (κ2) is 27.9. The first kappa shape index (κ1) is 37.6. The van der Waals surface area contributed by atoms with Crippen molar-refractivity contribution in [2.24, 2.45) is 0 Å². The molecule has 246 valence electrons. The summed E-state index contributed by atoms with van der Waals surface area (Å²) < 4.78 is 2.54. The van der Waals surface area contributed by atoms with E-state index in [0.717, 1.165) is 25.8 Å². The van der Waals surface area contributed by atoms with Crippen molar-refractivity contribution < 1.29 is 0 Å². The van der Waals surface area contributed by atoms with Gasteiger partial charge in [-0.2, -0.15) is 0 Å². The van der Waals surface area contributed by atoms with Crippen LogP contribution >= 0.6 is 0 Å². The Labute approximate surface area is 269 Å². The number of hydrogen-bond donors (Lipinski definition) is 0. The van der Waals surface area contributed by atoms with E-state index in [1.54, 1.807) is 0 Å². The van der Waals surface area contributed by atoms with Crippen molar-refractivity contribution in [2.75, 3.05) is 0 Å². The smallest absolute Gasteiger partial charge is 0.108 e. The highest BCUT2D eigenvalue weighted by atomic mass is 15.1. The Hall–Kier alpha value is -1.57. The van der Waals surface area contributed by atoms with E-state index >= 15 is 0 Å². The monoisotopic (exact) mass is 593 g/mol. The summed E-state index contributed by atoms with van der Waals surface area (Å²) in [6, 6.07) is 10.9. The molecule has 2 aromatic rings. The molecule has 1 aromatic heterocycles. The maximum atomic E-state index is 5.17. The average Bonchev–Trinajstić information content (AvgIpc) is 3.41. The summed E-state index contributed by atoms with van der Waals surface area (Å²) in [7, 11) is 0. The first-order valence-corrected chi connectivity index (χ1v) is 19.4. The van der Waals surface area contributed by atoms with Crippen LogP contribution in [0.2, 0.25) is 0 Å². The molecule has 0 spiro atoms. The molecular formula is C41H72N2. The lowest BCUT2D eigenvalue weighted by Gasteiger charge is -2.08. The minimum absolute atomic E-state index is 1.10. The Bertz CT molecular complexity index is 839. The molecule has 0 aliphatic carbocycles. The van der Waals surface area contributed by atoms with E-state index in [-0.39, 0.29) is 0 Å². The van der Waals surface area contributed by atoms with E-state index < -0.39 is 0 Å². The van der Waals surface area contributed by atoms with Crippen molar-refractivity contribution in [3.05, 3.63) is 53.6 Å². The van der Waals surface area contributed by atoms with Gasteiger partial charge in [-0.3, -0.25) is 0 Å². The van der Waals surface area contributed by atoms with Gasteiger partial charge < -0.3 is 4.57 Å². The lowest BCUT2D eigenvalue weighted by Crippen LogP contribution is -2.03. The molecule has 0 fully saturated rings. The molecule has 1 aromatic carbocycles. The molecule has 0 unspecified atom stereocenters. The van der Waals surface area contributed by atoms with Gasteiger partial charge in [0.05, 0.1) is 5.69 Å². The van der Waals surface area contributed by atoms with Crippen LogP contribution in [0.5, 0.6) is 0 Å². The lowest BCUT2D eigenvalue weighted by atomic mass is 10.0. The molecule has 0 N–H and O–H groups in total. The van der Waals surface area contributed by atoms with Gasteiger partial charge in [-0.15, -0.1) is 0 Å². The zero-order chi connectivity index (χ0) is 30.5. The molecule has 0 aliphatic heterocycles. The van der Waals surface area contributed by atoms with Crippen LogP contribution in [0.15, 0.2) is 36.5 Å².